The molecule has 4 rings (SSSR count). The highest BCUT2D eigenvalue weighted by Gasteiger charge is 2.43. The number of amides is 1. The molecule has 1 heterocycles. The third-order valence-electron chi connectivity index (χ3n) is 6.91. The summed E-state index contributed by atoms with van der Waals surface area (Å²) in [5.74, 6) is -0.238. The number of alkyl halides is 9. The molecule has 5 nitrogen and oxygen atoms in total. The van der Waals surface area contributed by atoms with Gasteiger partial charge >= 0.3 is 24.6 Å². The minimum Gasteiger partial charge on any atom is -0.478 e. The summed E-state index contributed by atoms with van der Waals surface area (Å²) in [6, 6.07) is 6.50. The normalized spacial score (nSPS) is 17.2. The molecular weight excluding hydrogens is 666 g/mol. The second-order valence-corrected chi connectivity index (χ2v) is 10.2. The number of nitrogens with zero attached hydrogens (tertiary/aromatic N) is 1. The minimum atomic E-state index is -5.15. The molecule has 0 radical (unpaired) electrons. The van der Waals surface area contributed by atoms with Gasteiger partial charge < -0.3 is 9.47 Å². The van der Waals surface area contributed by atoms with Gasteiger partial charge in [-0.2, -0.15) is 39.5 Å². The molecule has 45 heavy (non-hydrogen) atoms. The van der Waals surface area contributed by atoms with Gasteiger partial charge in [0.1, 0.15) is 6.10 Å². The summed E-state index contributed by atoms with van der Waals surface area (Å²) < 4.78 is 132. The van der Waals surface area contributed by atoms with Crippen molar-refractivity contribution >= 4 is 36.0 Å². The van der Waals surface area contributed by atoms with Crippen molar-refractivity contribution in [1.82, 2.24) is 4.90 Å². The lowest BCUT2D eigenvalue weighted by molar-refractivity contribution is -0.143. The Hall–Kier alpha value is -3.65. The van der Waals surface area contributed by atoms with Crippen LogP contribution in [0.3, 0.4) is 0 Å². The van der Waals surface area contributed by atoms with Gasteiger partial charge in [0.2, 0.25) is 5.90 Å². The van der Waals surface area contributed by atoms with Crippen LogP contribution in [-0.2, 0) is 34.5 Å². The fourth-order valence-corrected chi connectivity index (χ4v) is 4.97. The monoisotopic (exact) mass is 688 g/mol. The van der Waals surface area contributed by atoms with Gasteiger partial charge in [-0.1, -0.05) is 17.7 Å². The summed E-state index contributed by atoms with van der Waals surface area (Å²) in [6.07, 6.45) is -17.9. The maximum absolute atomic E-state index is 13.7. The number of hydrogen-bond donors (Lipinski definition) is 1. The van der Waals surface area contributed by atoms with Gasteiger partial charge in [-0.3, -0.25) is 10.3 Å². The van der Waals surface area contributed by atoms with Gasteiger partial charge in [0.05, 0.1) is 35.9 Å². The van der Waals surface area contributed by atoms with Crippen molar-refractivity contribution < 1.29 is 53.8 Å². The zero-order valence-electron chi connectivity index (χ0n) is 23.1. The molecular formula is C29H23Cl2F9N2O3. The number of cyclic esters (lactones) is 1. The molecule has 0 aliphatic carbocycles. The molecule has 244 valence electrons. The van der Waals surface area contributed by atoms with Gasteiger partial charge in [-0.15, -0.1) is 12.4 Å². The summed E-state index contributed by atoms with van der Waals surface area (Å²) in [5, 5.41) is 8.13. The van der Waals surface area contributed by atoms with E-state index in [0.717, 1.165) is 23.1 Å². The maximum Gasteiger partial charge on any atom is 0.416 e. The largest absolute Gasteiger partial charge is 0.478 e. The highest BCUT2D eigenvalue weighted by Crippen LogP contribution is 2.42. The lowest BCUT2D eigenvalue weighted by Crippen LogP contribution is -2.32. The Morgan fingerprint density at radius 1 is 0.867 bits per heavy atom. The molecule has 1 aliphatic rings. The molecule has 0 aromatic heterocycles. The molecule has 1 fully saturated rings. The van der Waals surface area contributed by atoms with Crippen LogP contribution in [0.1, 0.15) is 53.3 Å². The van der Waals surface area contributed by atoms with Crippen molar-refractivity contribution in [3.63, 3.8) is 0 Å². The van der Waals surface area contributed by atoms with E-state index in [0.29, 0.717) is 12.1 Å². The molecule has 2 atom stereocenters. The first-order valence-corrected chi connectivity index (χ1v) is 13.2. The Kier molecular flexibility index (Phi) is 10.3. The number of halogens is 11. The molecule has 0 saturated carbocycles. The van der Waals surface area contributed by atoms with Gasteiger partial charge in [-0.25, -0.2) is 4.79 Å². The van der Waals surface area contributed by atoms with Crippen LogP contribution in [-0.4, -0.2) is 29.5 Å². The first kappa shape index (κ1) is 35.8. The van der Waals surface area contributed by atoms with Crippen molar-refractivity contribution in [1.29, 1.82) is 5.41 Å². The Labute approximate surface area is 261 Å². The molecule has 0 bridgehead atoms. The fourth-order valence-electron chi connectivity index (χ4n) is 4.75. The maximum atomic E-state index is 13.7. The Balaban J connectivity index is 0.00000552. The Bertz CT molecular complexity index is 1560. The molecule has 1 amide bonds. The van der Waals surface area contributed by atoms with Crippen molar-refractivity contribution in [3.05, 3.63) is 93.0 Å². The third-order valence-corrected chi connectivity index (χ3v) is 7.24. The van der Waals surface area contributed by atoms with Crippen LogP contribution in [0.4, 0.5) is 44.3 Å². The van der Waals surface area contributed by atoms with E-state index >= 15 is 0 Å². The molecule has 3 aromatic rings. The average molecular weight is 689 g/mol. The predicted molar refractivity (Wildman–Crippen MR) is 148 cm³/mol. The van der Waals surface area contributed by atoms with Gasteiger partial charge in [-0.05, 0) is 79.1 Å². The van der Waals surface area contributed by atoms with E-state index in [9.17, 15) is 44.3 Å². The second kappa shape index (κ2) is 13.0. The Morgan fingerprint density at radius 3 is 1.98 bits per heavy atom. The van der Waals surface area contributed by atoms with Crippen LogP contribution in [0.25, 0.3) is 11.1 Å². The lowest BCUT2D eigenvalue weighted by Gasteiger charge is -2.24. The van der Waals surface area contributed by atoms with E-state index in [4.69, 9.17) is 26.5 Å². The molecule has 3 aromatic carbocycles. The lowest BCUT2D eigenvalue weighted by atomic mass is 9.94. The average Bonchev–Trinajstić information content (AvgIpc) is 3.20. The van der Waals surface area contributed by atoms with Crippen LogP contribution in [0, 0.1) is 5.41 Å². The number of hydrogen-bond acceptors (Lipinski definition) is 4. The van der Waals surface area contributed by atoms with E-state index in [1.165, 1.54) is 25.1 Å². The van der Waals surface area contributed by atoms with Crippen molar-refractivity contribution in [2.75, 3.05) is 6.61 Å². The van der Waals surface area contributed by atoms with Crippen molar-refractivity contribution in [3.8, 4) is 11.1 Å². The van der Waals surface area contributed by atoms with E-state index in [1.807, 2.05) is 0 Å². The summed E-state index contributed by atoms with van der Waals surface area (Å²) in [5.41, 5.74) is -4.46. The summed E-state index contributed by atoms with van der Waals surface area (Å²) in [4.78, 5) is 13.8. The molecule has 1 aliphatic heterocycles. The van der Waals surface area contributed by atoms with E-state index < -0.39 is 65.6 Å². The molecule has 1 saturated heterocycles. The standard InChI is InChI=1S/C29H22ClF9N2O3.ClH/c1-3-43-25(40)15-4-7-23(30)22(11-15)21-6-5-18(27(31,32)33)10-17(21)13-41-14(2)24(44-26(41)42)16-8-19(28(34,35)36)12-20(9-16)29(37,38)39;/h4-12,14,24,40H,3,13H2,1-2H3;1H/t14-,24-;/m0./s1. The minimum absolute atomic E-state index is 0. The van der Waals surface area contributed by atoms with Crippen LogP contribution in [0.2, 0.25) is 5.02 Å². The second-order valence-electron chi connectivity index (χ2n) is 9.84. The van der Waals surface area contributed by atoms with Gasteiger partial charge in [0.25, 0.3) is 0 Å². The summed E-state index contributed by atoms with van der Waals surface area (Å²) in [6.45, 7) is 2.51. The molecule has 0 spiro atoms. The first-order chi connectivity index (χ1) is 20.3. The smallest absolute Gasteiger partial charge is 0.416 e. The zero-order chi connectivity index (χ0) is 32.8. The zero-order valence-corrected chi connectivity index (χ0v) is 24.7. The molecule has 0 unspecified atom stereocenters. The van der Waals surface area contributed by atoms with Gasteiger partial charge in [0.15, 0.2) is 0 Å². The van der Waals surface area contributed by atoms with Crippen LogP contribution >= 0.6 is 24.0 Å². The van der Waals surface area contributed by atoms with Crippen LogP contribution in [0.15, 0.2) is 54.6 Å². The number of carbonyl (C=O) groups excluding carboxylic acids is 1. The fraction of sp³-hybridized carbons (Fsp3) is 0.310. The Morgan fingerprint density at radius 2 is 1.44 bits per heavy atom. The highest BCUT2D eigenvalue weighted by molar-refractivity contribution is 6.33. The molecule has 1 N–H and O–H groups in total. The highest BCUT2D eigenvalue weighted by atomic mass is 35.5. The number of benzene rings is 3. The van der Waals surface area contributed by atoms with Crippen molar-refractivity contribution in [2.24, 2.45) is 0 Å². The SMILES string of the molecule is CCOC(=N)c1ccc(Cl)c(-c2ccc(C(F)(F)F)cc2CN2C(=O)O[C@H](c3cc(C(F)(F)F)cc(C(F)(F)F)c3)[C@@H]2C)c1.Cl. The van der Waals surface area contributed by atoms with E-state index in [2.05, 4.69) is 0 Å². The topological polar surface area (TPSA) is 62.6 Å². The number of ether oxygens (including phenoxy) is 2. The number of nitrogens with one attached hydrogen (secondary N) is 1. The van der Waals surface area contributed by atoms with E-state index in [1.54, 1.807) is 6.92 Å². The van der Waals surface area contributed by atoms with Crippen molar-refractivity contribution in [2.45, 2.75) is 51.1 Å². The number of carbonyl (C=O) groups is 1. The molecule has 16 heteroatoms. The van der Waals surface area contributed by atoms with Crippen LogP contribution in [0.5, 0.6) is 0 Å². The van der Waals surface area contributed by atoms with E-state index in [-0.39, 0.29) is 58.3 Å². The van der Waals surface area contributed by atoms with Gasteiger partial charge in [0, 0.05) is 16.1 Å². The summed E-state index contributed by atoms with van der Waals surface area (Å²) >= 11 is 6.37. The third kappa shape index (κ3) is 7.78. The quantitative estimate of drug-likeness (QED) is 0.159. The first-order valence-electron chi connectivity index (χ1n) is 12.8. The summed E-state index contributed by atoms with van der Waals surface area (Å²) in [7, 11) is 0. The number of rotatable bonds is 6. The predicted octanol–water partition coefficient (Wildman–Crippen LogP) is 9.93. The van der Waals surface area contributed by atoms with Crippen LogP contribution < -0.4 is 0 Å².